The molecule has 1 N–H and O–H groups in total. The Labute approximate surface area is 180 Å². The molecule has 9 heteroatoms. The highest BCUT2D eigenvalue weighted by atomic mass is 32.1. The lowest BCUT2D eigenvalue weighted by Gasteiger charge is -2.37. The van der Waals surface area contributed by atoms with Gasteiger partial charge in [-0.05, 0) is 45.4 Å². The zero-order valence-corrected chi connectivity index (χ0v) is 18.5. The maximum absolute atomic E-state index is 12.2. The van der Waals surface area contributed by atoms with Gasteiger partial charge in [-0.25, -0.2) is 9.78 Å². The third kappa shape index (κ3) is 5.70. The van der Waals surface area contributed by atoms with Gasteiger partial charge in [0.2, 0.25) is 5.13 Å². The molecule has 1 aromatic heterocycles. The lowest BCUT2D eigenvalue weighted by molar-refractivity contribution is 0.0240. The number of nitrogens with one attached hydrogen (secondary N) is 1. The van der Waals surface area contributed by atoms with Crippen molar-refractivity contribution in [2.45, 2.75) is 33.3 Å². The number of aromatic nitrogens is 1. The van der Waals surface area contributed by atoms with Crippen molar-refractivity contribution >= 4 is 34.5 Å². The van der Waals surface area contributed by atoms with E-state index in [0.29, 0.717) is 31.7 Å². The first kappa shape index (κ1) is 21.6. The first-order valence-corrected chi connectivity index (χ1v) is 10.6. The van der Waals surface area contributed by atoms with Crippen LogP contribution in [0.4, 0.5) is 15.6 Å². The molecular weight excluding hydrogens is 400 g/mol. The molecule has 0 saturated carbocycles. The molecule has 1 amide bonds. The van der Waals surface area contributed by atoms with Crippen LogP contribution in [0.3, 0.4) is 0 Å². The number of anilines is 2. The first-order chi connectivity index (χ1) is 14.2. The molecule has 2 aromatic rings. The number of benzene rings is 1. The Balaban J connectivity index is 1.62. The average Bonchev–Trinajstić information content (AvgIpc) is 3.12. The van der Waals surface area contributed by atoms with Crippen molar-refractivity contribution in [1.29, 1.82) is 5.26 Å². The Morgan fingerprint density at radius 3 is 2.67 bits per heavy atom. The number of nitriles is 1. The maximum Gasteiger partial charge on any atom is 0.410 e. The number of thiazole rings is 1. The molecule has 30 heavy (non-hydrogen) atoms. The van der Waals surface area contributed by atoms with Crippen LogP contribution in [0.1, 0.15) is 37.6 Å². The summed E-state index contributed by atoms with van der Waals surface area (Å²) in [6.45, 7) is 9.91. The number of aryl methyl sites for hydroxylation is 1. The van der Waals surface area contributed by atoms with E-state index in [1.54, 1.807) is 11.1 Å². The molecule has 0 bridgehead atoms. The molecule has 1 saturated heterocycles. The summed E-state index contributed by atoms with van der Waals surface area (Å²) in [5, 5.41) is 16.5. The molecule has 2 heterocycles. The van der Waals surface area contributed by atoms with Gasteiger partial charge in [0.1, 0.15) is 11.7 Å². The molecule has 0 unspecified atom stereocenters. The van der Waals surface area contributed by atoms with E-state index in [-0.39, 0.29) is 6.09 Å². The highest BCUT2D eigenvalue weighted by Gasteiger charge is 2.26. The number of piperazine rings is 1. The highest BCUT2D eigenvalue weighted by molar-refractivity contribution is 7.13. The van der Waals surface area contributed by atoms with Crippen LogP contribution in [0.15, 0.2) is 28.7 Å². The van der Waals surface area contributed by atoms with Gasteiger partial charge in [-0.15, -0.1) is 11.3 Å². The minimum atomic E-state index is -0.507. The summed E-state index contributed by atoms with van der Waals surface area (Å²) in [6, 6.07) is 7.94. The van der Waals surface area contributed by atoms with Crippen LogP contribution in [-0.4, -0.2) is 54.0 Å². The second-order valence-electron chi connectivity index (χ2n) is 8.01. The smallest absolute Gasteiger partial charge is 0.410 e. The fourth-order valence-electron chi connectivity index (χ4n) is 3.02. The van der Waals surface area contributed by atoms with Gasteiger partial charge in [-0.3, -0.25) is 5.43 Å². The number of carbonyl (C=O) groups is 1. The standard InChI is InChI=1S/C21H26N6O2S/c1-15-14-30-19(24-15)25-23-13-16-5-6-18(17(11-16)12-22)26-7-9-27(10-8-26)20(28)29-21(2,3)4/h5-6,11,13-14H,7-10H2,1-4H3,(H,24,25). The van der Waals surface area contributed by atoms with Crippen molar-refractivity contribution in [1.82, 2.24) is 9.88 Å². The molecule has 8 nitrogen and oxygen atoms in total. The van der Waals surface area contributed by atoms with E-state index in [2.05, 4.69) is 26.5 Å². The molecule has 0 radical (unpaired) electrons. The van der Waals surface area contributed by atoms with Gasteiger partial charge in [0.05, 0.1) is 23.2 Å². The van der Waals surface area contributed by atoms with Crippen LogP contribution in [0.2, 0.25) is 0 Å². The molecule has 1 aromatic carbocycles. The lowest BCUT2D eigenvalue weighted by Crippen LogP contribution is -2.50. The van der Waals surface area contributed by atoms with Gasteiger partial charge < -0.3 is 14.5 Å². The molecule has 0 atom stereocenters. The fraction of sp³-hybridized carbons (Fsp3) is 0.429. The number of nitrogens with zero attached hydrogens (tertiary/aromatic N) is 5. The van der Waals surface area contributed by atoms with E-state index >= 15 is 0 Å². The second-order valence-corrected chi connectivity index (χ2v) is 8.86. The predicted octanol–water partition coefficient (Wildman–Crippen LogP) is 3.83. The van der Waals surface area contributed by atoms with Crippen molar-refractivity contribution in [3.63, 3.8) is 0 Å². The Morgan fingerprint density at radius 1 is 1.33 bits per heavy atom. The van der Waals surface area contributed by atoms with Crippen molar-refractivity contribution in [3.05, 3.63) is 40.4 Å². The summed E-state index contributed by atoms with van der Waals surface area (Å²) < 4.78 is 5.44. The minimum Gasteiger partial charge on any atom is -0.444 e. The number of hydrogen-bond donors (Lipinski definition) is 1. The van der Waals surface area contributed by atoms with Crippen LogP contribution in [0.5, 0.6) is 0 Å². The fourth-order valence-corrected chi connectivity index (χ4v) is 3.66. The Kier molecular flexibility index (Phi) is 6.57. The third-order valence-electron chi connectivity index (χ3n) is 4.41. The van der Waals surface area contributed by atoms with Crippen LogP contribution in [-0.2, 0) is 4.74 Å². The molecule has 0 aliphatic carbocycles. The highest BCUT2D eigenvalue weighted by Crippen LogP contribution is 2.23. The van der Waals surface area contributed by atoms with E-state index in [0.717, 1.165) is 22.1 Å². The normalized spacial score (nSPS) is 14.6. The molecular formula is C21H26N6O2S. The largest absolute Gasteiger partial charge is 0.444 e. The lowest BCUT2D eigenvalue weighted by atomic mass is 10.1. The molecule has 0 spiro atoms. The number of hydrazone groups is 1. The van der Waals surface area contributed by atoms with Gasteiger partial charge in [0.25, 0.3) is 0 Å². The van der Waals surface area contributed by atoms with Gasteiger partial charge in [0, 0.05) is 31.6 Å². The summed E-state index contributed by atoms with van der Waals surface area (Å²) >= 11 is 1.49. The van der Waals surface area contributed by atoms with Crippen molar-refractivity contribution in [2.75, 3.05) is 36.5 Å². The van der Waals surface area contributed by atoms with E-state index in [1.807, 2.05) is 51.3 Å². The van der Waals surface area contributed by atoms with Gasteiger partial charge in [-0.1, -0.05) is 6.07 Å². The van der Waals surface area contributed by atoms with Crippen LogP contribution < -0.4 is 10.3 Å². The van der Waals surface area contributed by atoms with E-state index in [4.69, 9.17) is 4.74 Å². The number of carbonyl (C=O) groups excluding carboxylic acids is 1. The summed E-state index contributed by atoms with van der Waals surface area (Å²) in [4.78, 5) is 20.4. The molecule has 1 fully saturated rings. The number of rotatable bonds is 4. The van der Waals surface area contributed by atoms with Gasteiger partial charge >= 0.3 is 6.09 Å². The zero-order valence-electron chi connectivity index (χ0n) is 17.7. The number of ether oxygens (including phenoxy) is 1. The average molecular weight is 427 g/mol. The monoisotopic (exact) mass is 426 g/mol. The van der Waals surface area contributed by atoms with E-state index < -0.39 is 5.60 Å². The maximum atomic E-state index is 12.2. The predicted molar refractivity (Wildman–Crippen MR) is 119 cm³/mol. The van der Waals surface area contributed by atoms with Gasteiger partial charge in [0.15, 0.2) is 0 Å². The summed E-state index contributed by atoms with van der Waals surface area (Å²) in [6.07, 6.45) is 1.37. The molecule has 3 rings (SSSR count). The Morgan fingerprint density at radius 2 is 2.07 bits per heavy atom. The quantitative estimate of drug-likeness (QED) is 0.590. The second kappa shape index (κ2) is 9.13. The number of hydrogen-bond acceptors (Lipinski definition) is 8. The van der Waals surface area contributed by atoms with E-state index in [9.17, 15) is 10.1 Å². The summed E-state index contributed by atoms with van der Waals surface area (Å²) in [5.41, 5.74) is 5.60. The summed E-state index contributed by atoms with van der Waals surface area (Å²) in [7, 11) is 0. The molecule has 1 aliphatic rings. The van der Waals surface area contributed by atoms with Gasteiger partial charge in [-0.2, -0.15) is 10.4 Å². The Hall–Kier alpha value is -3.12. The van der Waals surface area contributed by atoms with Crippen molar-refractivity contribution < 1.29 is 9.53 Å². The Bertz CT molecular complexity index is 965. The SMILES string of the molecule is Cc1csc(NN=Cc2ccc(N3CCN(C(=O)OC(C)(C)C)CC3)c(C#N)c2)n1. The third-order valence-corrected chi connectivity index (χ3v) is 5.27. The van der Waals surface area contributed by atoms with Crippen LogP contribution in [0, 0.1) is 18.3 Å². The molecule has 158 valence electrons. The number of amides is 1. The van der Waals surface area contributed by atoms with Crippen LogP contribution in [0.25, 0.3) is 0 Å². The summed E-state index contributed by atoms with van der Waals surface area (Å²) in [5.74, 6) is 0. The van der Waals surface area contributed by atoms with Crippen LogP contribution >= 0.6 is 11.3 Å². The van der Waals surface area contributed by atoms with Crippen molar-refractivity contribution in [3.8, 4) is 6.07 Å². The minimum absolute atomic E-state index is 0.294. The van der Waals surface area contributed by atoms with Crippen molar-refractivity contribution in [2.24, 2.45) is 5.10 Å². The van der Waals surface area contributed by atoms with E-state index in [1.165, 1.54) is 11.3 Å². The topological polar surface area (TPSA) is 93.9 Å². The molecule has 1 aliphatic heterocycles. The zero-order chi connectivity index (χ0) is 21.7. The first-order valence-electron chi connectivity index (χ1n) is 9.73.